The molecule has 32 heavy (non-hydrogen) atoms. The molecular formula is C24H20FN3O4. The van der Waals surface area contributed by atoms with Crippen molar-refractivity contribution in [2.75, 3.05) is 6.54 Å². The molecule has 3 amide bonds. The van der Waals surface area contributed by atoms with Crippen molar-refractivity contribution in [1.29, 1.82) is 0 Å². The molecule has 0 bridgehead atoms. The Bertz CT molecular complexity index is 1260. The van der Waals surface area contributed by atoms with Gasteiger partial charge in [0.05, 0.1) is 17.7 Å². The summed E-state index contributed by atoms with van der Waals surface area (Å²) in [5.41, 5.74) is 3.22. The van der Waals surface area contributed by atoms with E-state index in [1.165, 1.54) is 23.1 Å². The molecule has 0 saturated heterocycles. The van der Waals surface area contributed by atoms with E-state index in [2.05, 4.69) is 5.16 Å². The van der Waals surface area contributed by atoms with Crippen molar-refractivity contribution >= 4 is 17.7 Å². The maximum Gasteiger partial charge on any atom is 0.261 e. The molecule has 2 aromatic carbocycles. The Labute approximate surface area is 183 Å². The Morgan fingerprint density at radius 1 is 1.06 bits per heavy atom. The van der Waals surface area contributed by atoms with Crippen LogP contribution in [0.3, 0.4) is 0 Å². The number of aromatic nitrogens is 1. The summed E-state index contributed by atoms with van der Waals surface area (Å²) in [6.07, 6.45) is 0.542. The molecule has 0 atom stereocenters. The molecule has 0 saturated carbocycles. The third-order valence-corrected chi connectivity index (χ3v) is 5.92. The summed E-state index contributed by atoms with van der Waals surface area (Å²) < 4.78 is 18.7. The minimum absolute atomic E-state index is 0.243. The van der Waals surface area contributed by atoms with E-state index < -0.39 is 0 Å². The maximum absolute atomic E-state index is 13.2. The van der Waals surface area contributed by atoms with Gasteiger partial charge in [0.15, 0.2) is 5.76 Å². The van der Waals surface area contributed by atoms with Crippen molar-refractivity contribution in [3.8, 4) is 11.3 Å². The number of carbonyl (C=O) groups is 3. The number of fused-ring (bicyclic) bond motifs is 2. The van der Waals surface area contributed by atoms with Crippen LogP contribution >= 0.6 is 0 Å². The zero-order valence-electron chi connectivity index (χ0n) is 17.6. The van der Waals surface area contributed by atoms with Gasteiger partial charge in [0, 0.05) is 29.3 Å². The zero-order chi connectivity index (χ0) is 22.6. The number of imide groups is 1. The van der Waals surface area contributed by atoms with Crippen LogP contribution in [0.15, 0.2) is 47.0 Å². The highest BCUT2D eigenvalue weighted by molar-refractivity contribution is 6.22. The molecule has 0 fully saturated rings. The standard InChI is InChI=1S/C24H20FN3O4/c1-13(2)28-23(30)17-8-5-15(11-19(17)24(28)31)22(29)27-10-9-18-20(12-27)26-32-21(18)14-3-6-16(25)7-4-14/h3-8,11,13H,9-10,12H2,1-2H3. The Hall–Kier alpha value is -3.81. The zero-order valence-corrected chi connectivity index (χ0v) is 17.6. The second kappa shape index (κ2) is 7.40. The van der Waals surface area contributed by atoms with E-state index in [1.54, 1.807) is 43.0 Å². The monoisotopic (exact) mass is 433 g/mol. The van der Waals surface area contributed by atoms with E-state index in [-0.39, 0.29) is 41.7 Å². The average molecular weight is 433 g/mol. The number of rotatable bonds is 3. The lowest BCUT2D eigenvalue weighted by Gasteiger charge is -2.26. The molecule has 3 heterocycles. The highest BCUT2D eigenvalue weighted by Gasteiger charge is 2.38. The predicted octanol–water partition coefficient (Wildman–Crippen LogP) is 3.68. The first-order valence-corrected chi connectivity index (χ1v) is 10.4. The molecule has 8 heteroatoms. The van der Waals surface area contributed by atoms with E-state index >= 15 is 0 Å². The van der Waals surface area contributed by atoms with Crippen LogP contribution in [-0.2, 0) is 13.0 Å². The van der Waals surface area contributed by atoms with E-state index in [1.807, 2.05) is 0 Å². The molecular weight excluding hydrogens is 413 g/mol. The van der Waals surface area contributed by atoms with Gasteiger partial charge in [0.25, 0.3) is 17.7 Å². The van der Waals surface area contributed by atoms with Crippen molar-refractivity contribution in [3.63, 3.8) is 0 Å². The average Bonchev–Trinajstić information content (AvgIpc) is 3.32. The number of halogens is 1. The minimum Gasteiger partial charge on any atom is -0.356 e. The van der Waals surface area contributed by atoms with Gasteiger partial charge < -0.3 is 9.42 Å². The number of hydrogen-bond acceptors (Lipinski definition) is 5. The number of benzene rings is 2. The summed E-state index contributed by atoms with van der Waals surface area (Å²) in [6, 6.07) is 10.4. The molecule has 162 valence electrons. The second-order valence-corrected chi connectivity index (χ2v) is 8.25. The van der Waals surface area contributed by atoms with Crippen LogP contribution in [0.1, 0.15) is 56.2 Å². The molecule has 2 aliphatic heterocycles. The number of amides is 3. The Kier molecular flexibility index (Phi) is 4.65. The third-order valence-electron chi connectivity index (χ3n) is 5.92. The van der Waals surface area contributed by atoms with E-state index in [0.717, 1.165) is 11.1 Å². The van der Waals surface area contributed by atoms with Crippen LogP contribution in [0.4, 0.5) is 4.39 Å². The van der Waals surface area contributed by atoms with Gasteiger partial charge in [-0.3, -0.25) is 19.3 Å². The van der Waals surface area contributed by atoms with Crippen LogP contribution in [-0.4, -0.2) is 45.3 Å². The fourth-order valence-electron chi connectivity index (χ4n) is 4.28. The molecule has 0 spiro atoms. The van der Waals surface area contributed by atoms with Crippen molar-refractivity contribution in [2.24, 2.45) is 0 Å². The smallest absolute Gasteiger partial charge is 0.261 e. The number of nitrogens with zero attached hydrogens (tertiary/aromatic N) is 3. The van der Waals surface area contributed by atoms with Gasteiger partial charge in [0.2, 0.25) is 0 Å². The summed E-state index contributed by atoms with van der Waals surface area (Å²) in [7, 11) is 0. The summed E-state index contributed by atoms with van der Waals surface area (Å²) >= 11 is 0. The lowest BCUT2D eigenvalue weighted by molar-refractivity contribution is 0.0608. The first-order chi connectivity index (χ1) is 15.3. The molecule has 0 N–H and O–H groups in total. The molecule has 0 unspecified atom stereocenters. The summed E-state index contributed by atoms with van der Waals surface area (Å²) in [4.78, 5) is 41.1. The second-order valence-electron chi connectivity index (χ2n) is 8.25. The summed E-state index contributed by atoms with van der Waals surface area (Å²) in [6.45, 7) is 4.26. The fraction of sp³-hybridized carbons (Fsp3) is 0.250. The quantitative estimate of drug-likeness (QED) is 0.589. The van der Waals surface area contributed by atoms with Crippen LogP contribution in [0, 0.1) is 5.82 Å². The maximum atomic E-state index is 13.2. The third kappa shape index (κ3) is 3.10. The van der Waals surface area contributed by atoms with Crippen molar-refractivity contribution in [1.82, 2.24) is 15.0 Å². The van der Waals surface area contributed by atoms with Crippen LogP contribution in [0.5, 0.6) is 0 Å². The molecule has 0 radical (unpaired) electrons. The fourth-order valence-corrected chi connectivity index (χ4v) is 4.28. The highest BCUT2D eigenvalue weighted by atomic mass is 19.1. The first-order valence-electron chi connectivity index (χ1n) is 10.4. The summed E-state index contributed by atoms with van der Waals surface area (Å²) in [5.74, 6) is -0.700. The lowest BCUT2D eigenvalue weighted by atomic mass is 9.99. The number of hydrogen-bond donors (Lipinski definition) is 0. The van der Waals surface area contributed by atoms with Gasteiger partial charge >= 0.3 is 0 Å². The van der Waals surface area contributed by atoms with Gasteiger partial charge in [-0.1, -0.05) is 5.16 Å². The Balaban J connectivity index is 1.39. The molecule has 7 nitrogen and oxygen atoms in total. The molecule has 2 aliphatic rings. The Morgan fingerprint density at radius 2 is 1.78 bits per heavy atom. The Morgan fingerprint density at radius 3 is 2.50 bits per heavy atom. The summed E-state index contributed by atoms with van der Waals surface area (Å²) in [5, 5.41) is 4.12. The van der Waals surface area contributed by atoms with Crippen molar-refractivity contribution in [2.45, 2.75) is 32.9 Å². The van der Waals surface area contributed by atoms with Gasteiger partial charge in [-0.15, -0.1) is 0 Å². The van der Waals surface area contributed by atoms with Crippen LogP contribution in [0.25, 0.3) is 11.3 Å². The van der Waals surface area contributed by atoms with E-state index in [4.69, 9.17) is 4.52 Å². The van der Waals surface area contributed by atoms with Crippen molar-refractivity contribution < 1.29 is 23.3 Å². The van der Waals surface area contributed by atoms with Crippen molar-refractivity contribution in [3.05, 3.63) is 76.2 Å². The molecule has 1 aromatic heterocycles. The highest BCUT2D eigenvalue weighted by Crippen LogP contribution is 2.31. The van der Waals surface area contributed by atoms with Gasteiger partial charge in [-0.25, -0.2) is 4.39 Å². The largest absolute Gasteiger partial charge is 0.356 e. The SMILES string of the molecule is CC(C)N1C(=O)c2ccc(C(=O)N3CCc4c(noc4-c4ccc(F)cc4)C3)cc2C1=O. The normalized spacial score (nSPS) is 15.4. The van der Waals surface area contributed by atoms with E-state index in [9.17, 15) is 18.8 Å². The minimum atomic E-state index is -0.379. The van der Waals surface area contributed by atoms with Gasteiger partial charge in [-0.05, 0) is 62.7 Å². The number of carbonyl (C=O) groups excluding carboxylic acids is 3. The van der Waals surface area contributed by atoms with Gasteiger partial charge in [-0.2, -0.15) is 0 Å². The molecule has 5 rings (SSSR count). The molecule has 0 aliphatic carbocycles. The first kappa shape index (κ1) is 20.1. The predicted molar refractivity (Wildman–Crippen MR) is 112 cm³/mol. The topological polar surface area (TPSA) is 83.7 Å². The molecule has 3 aromatic rings. The van der Waals surface area contributed by atoms with Gasteiger partial charge in [0.1, 0.15) is 11.5 Å². The van der Waals surface area contributed by atoms with Crippen LogP contribution in [0.2, 0.25) is 0 Å². The van der Waals surface area contributed by atoms with Crippen LogP contribution < -0.4 is 0 Å². The van der Waals surface area contributed by atoms with E-state index in [0.29, 0.717) is 35.5 Å². The lowest BCUT2D eigenvalue weighted by Crippen LogP contribution is -2.36.